The Bertz CT molecular complexity index is 376. The number of nitro groups is 1. The summed E-state index contributed by atoms with van der Waals surface area (Å²) in [5.41, 5.74) is 4.96. The summed E-state index contributed by atoms with van der Waals surface area (Å²) >= 11 is 5.67. The standard InChI is InChI=1S/C8H10ClN3O4/c1-15-2-3-16-6-4-5(9)7(12(13)14)8(10)11-6/h4H,2-3H2,1H3,(H2,10,11). The van der Waals surface area contributed by atoms with Gasteiger partial charge in [-0.1, -0.05) is 11.6 Å². The number of aromatic nitrogens is 1. The van der Waals surface area contributed by atoms with Gasteiger partial charge in [0.1, 0.15) is 11.6 Å². The van der Waals surface area contributed by atoms with Crippen LogP contribution in [0.15, 0.2) is 6.07 Å². The highest BCUT2D eigenvalue weighted by atomic mass is 35.5. The van der Waals surface area contributed by atoms with Gasteiger partial charge in [-0.3, -0.25) is 10.1 Å². The first-order chi connectivity index (χ1) is 7.56. The van der Waals surface area contributed by atoms with E-state index in [4.69, 9.17) is 26.8 Å². The second-order valence-corrected chi connectivity index (χ2v) is 3.18. The summed E-state index contributed by atoms with van der Waals surface area (Å²) in [5.74, 6) is -0.143. The zero-order valence-electron chi connectivity index (χ0n) is 8.47. The van der Waals surface area contributed by atoms with Crippen LogP contribution < -0.4 is 10.5 Å². The molecular weight excluding hydrogens is 238 g/mol. The second-order valence-electron chi connectivity index (χ2n) is 2.77. The molecule has 0 saturated carbocycles. The number of rotatable bonds is 5. The first-order valence-corrected chi connectivity index (χ1v) is 4.66. The number of hydrogen-bond donors (Lipinski definition) is 1. The van der Waals surface area contributed by atoms with E-state index in [-0.39, 0.29) is 23.3 Å². The van der Waals surface area contributed by atoms with Crippen LogP contribution in [0.4, 0.5) is 11.5 Å². The molecule has 1 heterocycles. The number of nitrogens with zero attached hydrogens (tertiary/aromatic N) is 2. The molecule has 1 rings (SSSR count). The average Bonchev–Trinajstić information content (AvgIpc) is 2.16. The predicted octanol–water partition coefficient (Wildman–Crippen LogP) is 1.25. The van der Waals surface area contributed by atoms with E-state index in [2.05, 4.69) is 4.98 Å². The van der Waals surface area contributed by atoms with E-state index in [1.807, 2.05) is 0 Å². The third kappa shape index (κ3) is 2.94. The van der Waals surface area contributed by atoms with E-state index in [1.165, 1.54) is 13.2 Å². The van der Waals surface area contributed by atoms with Gasteiger partial charge >= 0.3 is 5.69 Å². The normalized spacial score (nSPS) is 10.1. The van der Waals surface area contributed by atoms with Crippen LogP contribution in [0.1, 0.15) is 0 Å². The van der Waals surface area contributed by atoms with E-state index in [0.717, 1.165) is 0 Å². The van der Waals surface area contributed by atoms with Gasteiger partial charge in [0, 0.05) is 13.2 Å². The Kier molecular flexibility index (Phi) is 4.27. The Morgan fingerprint density at radius 3 is 2.81 bits per heavy atom. The molecule has 0 bridgehead atoms. The van der Waals surface area contributed by atoms with Gasteiger partial charge in [0.2, 0.25) is 11.7 Å². The monoisotopic (exact) mass is 247 g/mol. The molecule has 0 aliphatic carbocycles. The quantitative estimate of drug-likeness (QED) is 0.477. The molecule has 0 fully saturated rings. The number of ether oxygens (including phenoxy) is 2. The van der Waals surface area contributed by atoms with Crippen LogP contribution in [0, 0.1) is 10.1 Å². The average molecular weight is 248 g/mol. The van der Waals surface area contributed by atoms with Crippen molar-refractivity contribution in [2.75, 3.05) is 26.1 Å². The van der Waals surface area contributed by atoms with Crippen molar-refractivity contribution in [2.24, 2.45) is 0 Å². The van der Waals surface area contributed by atoms with Crippen LogP contribution in [0.5, 0.6) is 5.88 Å². The van der Waals surface area contributed by atoms with Crippen LogP contribution in [0.25, 0.3) is 0 Å². The number of pyridine rings is 1. The zero-order valence-corrected chi connectivity index (χ0v) is 9.23. The lowest BCUT2D eigenvalue weighted by molar-refractivity contribution is -0.384. The van der Waals surface area contributed by atoms with Crippen molar-refractivity contribution in [3.05, 3.63) is 21.2 Å². The third-order valence-electron chi connectivity index (χ3n) is 1.67. The SMILES string of the molecule is COCCOc1cc(Cl)c([N+](=O)[O-])c(N)n1. The molecule has 0 spiro atoms. The van der Waals surface area contributed by atoms with Gasteiger partial charge in [-0.15, -0.1) is 0 Å². The summed E-state index contributed by atoms with van der Waals surface area (Å²) in [5, 5.41) is 10.4. The molecule has 0 radical (unpaired) electrons. The van der Waals surface area contributed by atoms with Crippen LogP contribution >= 0.6 is 11.6 Å². The van der Waals surface area contributed by atoms with E-state index >= 15 is 0 Å². The fraction of sp³-hybridized carbons (Fsp3) is 0.375. The molecule has 0 aliphatic rings. The molecule has 0 atom stereocenters. The summed E-state index contributed by atoms with van der Waals surface area (Å²) in [6.07, 6.45) is 0. The zero-order chi connectivity index (χ0) is 12.1. The molecule has 8 heteroatoms. The maximum Gasteiger partial charge on any atom is 0.329 e. The topological polar surface area (TPSA) is 101 Å². The number of hydrogen-bond acceptors (Lipinski definition) is 6. The summed E-state index contributed by atoms with van der Waals surface area (Å²) in [6, 6.07) is 1.24. The first kappa shape index (κ1) is 12.5. The van der Waals surface area contributed by atoms with E-state index in [9.17, 15) is 10.1 Å². The van der Waals surface area contributed by atoms with E-state index in [0.29, 0.717) is 6.61 Å². The highest BCUT2D eigenvalue weighted by Crippen LogP contribution is 2.31. The molecule has 88 valence electrons. The summed E-state index contributed by atoms with van der Waals surface area (Å²) < 4.78 is 9.88. The predicted molar refractivity (Wildman–Crippen MR) is 57.7 cm³/mol. The molecule has 0 amide bonds. The molecule has 0 saturated heterocycles. The molecule has 0 unspecified atom stereocenters. The van der Waals surface area contributed by atoms with Gasteiger partial charge in [-0.25, -0.2) is 0 Å². The maximum absolute atomic E-state index is 10.6. The molecular formula is C8H10ClN3O4. The van der Waals surface area contributed by atoms with Crippen molar-refractivity contribution in [1.29, 1.82) is 0 Å². The lowest BCUT2D eigenvalue weighted by atomic mass is 10.4. The molecule has 1 aromatic rings. The van der Waals surface area contributed by atoms with Gasteiger partial charge in [0.15, 0.2) is 0 Å². The second kappa shape index (κ2) is 5.47. The molecule has 7 nitrogen and oxygen atoms in total. The van der Waals surface area contributed by atoms with Crippen LogP contribution in [0.2, 0.25) is 5.02 Å². The highest BCUT2D eigenvalue weighted by molar-refractivity contribution is 6.33. The largest absolute Gasteiger partial charge is 0.475 e. The summed E-state index contributed by atoms with van der Waals surface area (Å²) in [6.45, 7) is 0.632. The molecule has 0 aromatic carbocycles. The van der Waals surface area contributed by atoms with Crippen LogP contribution in [-0.2, 0) is 4.74 Å². The number of halogens is 1. The molecule has 16 heavy (non-hydrogen) atoms. The van der Waals surface area contributed by atoms with Crippen molar-refractivity contribution in [3.63, 3.8) is 0 Å². The van der Waals surface area contributed by atoms with Crippen molar-refractivity contribution >= 4 is 23.1 Å². The van der Waals surface area contributed by atoms with Gasteiger partial charge in [0.25, 0.3) is 0 Å². The fourth-order valence-corrected chi connectivity index (χ4v) is 1.25. The number of anilines is 1. The first-order valence-electron chi connectivity index (χ1n) is 4.28. The number of methoxy groups -OCH3 is 1. The van der Waals surface area contributed by atoms with E-state index < -0.39 is 10.6 Å². The Labute approximate surface area is 96.3 Å². The van der Waals surface area contributed by atoms with Crippen molar-refractivity contribution in [2.45, 2.75) is 0 Å². The van der Waals surface area contributed by atoms with Gasteiger partial charge in [-0.05, 0) is 0 Å². The third-order valence-corrected chi connectivity index (χ3v) is 1.96. The highest BCUT2D eigenvalue weighted by Gasteiger charge is 2.20. The fourth-order valence-electron chi connectivity index (χ4n) is 0.987. The van der Waals surface area contributed by atoms with E-state index in [1.54, 1.807) is 0 Å². The Hall–Kier alpha value is -1.60. The van der Waals surface area contributed by atoms with Crippen molar-refractivity contribution in [1.82, 2.24) is 4.98 Å². The molecule has 0 aliphatic heterocycles. The van der Waals surface area contributed by atoms with Crippen LogP contribution in [0.3, 0.4) is 0 Å². The smallest absolute Gasteiger partial charge is 0.329 e. The maximum atomic E-state index is 10.6. The lowest BCUT2D eigenvalue weighted by Crippen LogP contribution is -2.07. The summed E-state index contributed by atoms with van der Waals surface area (Å²) in [7, 11) is 1.52. The minimum Gasteiger partial charge on any atom is -0.475 e. The molecule has 1 aromatic heterocycles. The minimum absolute atomic E-state index is 0.107. The van der Waals surface area contributed by atoms with Crippen LogP contribution in [-0.4, -0.2) is 30.2 Å². The number of nitrogen functional groups attached to an aromatic ring is 1. The van der Waals surface area contributed by atoms with Crippen molar-refractivity contribution in [3.8, 4) is 5.88 Å². The molecule has 2 N–H and O–H groups in total. The van der Waals surface area contributed by atoms with Gasteiger partial charge in [-0.2, -0.15) is 4.98 Å². The Balaban J connectivity index is 2.87. The van der Waals surface area contributed by atoms with Gasteiger partial charge < -0.3 is 15.2 Å². The van der Waals surface area contributed by atoms with Gasteiger partial charge in [0.05, 0.1) is 11.5 Å². The lowest BCUT2D eigenvalue weighted by Gasteiger charge is -2.06. The minimum atomic E-state index is -0.691. The van der Waals surface area contributed by atoms with Crippen molar-refractivity contribution < 1.29 is 14.4 Å². The summed E-state index contributed by atoms with van der Waals surface area (Å²) in [4.78, 5) is 13.6. The Morgan fingerprint density at radius 2 is 2.31 bits per heavy atom. The number of nitrogens with two attached hydrogens (primary N) is 1. The Morgan fingerprint density at radius 1 is 1.62 bits per heavy atom.